The summed E-state index contributed by atoms with van der Waals surface area (Å²) in [6, 6.07) is 31.9. The van der Waals surface area contributed by atoms with Gasteiger partial charge in [0.2, 0.25) is 0 Å². The summed E-state index contributed by atoms with van der Waals surface area (Å²) in [5.74, 6) is 3.35. The van der Waals surface area contributed by atoms with Crippen molar-refractivity contribution in [1.82, 2.24) is 0 Å². The van der Waals surface area contributed by atoms with E-state index in [2.05, 4.69) is 127 Å². The molecule has 0 spiro atoms. The van der Waals surface area contributed by atoms with Crippen LogP contribution < -0.4 is 5.46 Å². The predicted molar refractivity (Wildman–Crippen MR) is 290 cm³/mol. The van der Waals surface area contributed by atoms with Gasteiger partial charge in [0.1, 0.15) is 0 Å². The predicted octanol–water partition coefficient (Wildman–Crippen LogP) is 15.1. The van der Waals surface area contributed by atoms with E-state index in [1.807, 2.05) is 88.4 Å². The topological polar surface area (TPSA) is 118 Å². The van der Waals surface area contributed by atoms with Gasteiger partial charge in [-0.05, 0) is 128 Å². The Morgan fingerprint density at radius 2 is 0.836 bits per heavy atom. The van der Waals surface area contributed by atoms with Crippen LogP contribution in [0.2, 0.25) is 0 Å². The summed E-state index contributed by atoms with van der Waals surface area (Å²) in [6.45, 7) is 19.5. The lowest BCUT2D eigenvalue weighted by Gasteiger charge is -2.32. The lowest BCUT2D eigenvalue weighted by Crippen LogP contribution is -2.41. The second kappa shape index (κ2) is 29.0. The van der Waals surface area contributed by atoms with Crippen molar-refractivity contribution in [2.45, 2.75) is 110 Å². The summed E-state index contributed by atoms with van der Waals surface area (Å²) in [5.41, 5.74) is 4.10. The lowest BCUT2D eigenvalue weighted by atomic mass is 9.78. The summed E-state index contributed by atoms with van der Waals surface area (Å²) >= 11 is 8.96. The third kappa shape index (κ3) is 21.3. The van der Waals surface area contributed by atoms with Crippen molar-refractivity contribution < 1.29 is 21.9 Å². The Morgan fingerprint density at radius 1 is 0.541 bits per heavy atom. The van der Waals surface area contributed by atoms with Crippen LogP contribution in [0.1, 0.15) is 98.9 Å². The summed E-state index contributed by atoms with van der Waals surface area (Å²) in [6.07, 6.45) is 0. The summed E-state index contributed by atoms with van der Waals surface area (Å²) in [4.78, 5) is 0. The maximum atomic E-state index is 12.5. The lowest BCUT2D eigenvalue weighted by molar-refractivity contribution is 0.00578. The molecule has 1 aliphatic heterocycles. The highest BCUT2D eigenvalue weighted by Crippen LogP contribution is 2.36. The van der Waals surface area contributed by atoms with Gasteiger partial charge in [-0.2, -0.15) is 8.73 Å². The van der Waals surface area contributed by atoms with Crippen LogP contribution in [0.25, 0.3) is 11.1 Å². The first-order valence-corrected chi connectivity index (χ1v) is 27.3. The third-order valence-electron chi connectivity index (χ3n) is 9.55. The van der Waals surface area contributed by atoms with Crippen LogP contribution in [0.4, 0.5) is 11.4 Å². The van der Waals surface area contributed by atoms with Crippen molar-refractivity contribution in [2.24, 2.45) is 8.73 Å². The van der Waals surface area contributed by atoms with E-state index in [1.54, 1.807) is 13.8 Å². The van der Waals surface area contributed by atoms with Crippen LogP contribution in [-0.4, -0.2) is 65.5 Å². The molecule has 346 valence electrons. The van der Waals surface area contributed by atoms with Gasteiger partial charge in [-0.25, -0.2) is 12.6 Å². The smallest absolute Gasteiger partial charge is 0.399 e. The Balaban J connectivity index is -0.000000852. The van der Waals surface area contributed by atoms with Crippen LogP contribution in [-0.2, 0) is 38.5 Å². The average molecular weight is 1140 g/mol. The van der Waals surface area contributed by atoms with Gasteiger partial charge < -0.3 is 9.31 Å². The summed E-state index contributed by atoms with van der Waals surface area (Å²) < 4.78 is 66.4. The molecule has 1 N–H and O–H groups in total. The van der Waals surface area contributed by atoms with Crippen molar-refractivity contribution >= 4 is 108 Å². The Hall–Kier alpha value is -1.60. The first-order chi connectivity index (χ1) is 26.6. The van der Waals surface area contributed by atoms with Gasteiger partial charge in [-0.15, -0.1) is 0 Å². The fourth-order valence-electron chi connectivity index (χ4n) is 4.71. The van der Waals surface area contributed by atoms with Gasteiger partial charge in [0.15, 0.2) is 0 Å². The molecule has 1 saturated heterocycles. The molecule has 4 aromatic rings. The van der Waals surface area contributed by atoms with E-state index in [0.29, 0.717) is 34.5 Å². The van der Waals surface area contributed by atoms with Gasteiger partial charge in [0, 0.05) is 56.8 Å². The van der Waals surface area contributed by atoms with Gasteiger partial charge in [0.25, 0.3) is 0 Å². The normalized spacial score (nSPS) is 13.6. The zero-order valence-corrected chi connectivity index (χ0v) is 42.6. The van der Waals surface area contributed by atoms with Crippen LogP contribution in [0.5, 0.6) is 0 Å². The van der Waals surface area contributed by atoms with E-state index in [-0.39, 0.29) is 48.0 Å². The minimum absolute atomic E-state index is 0. The second-order valence-electron chi connectivity index (χ2n) is 13.9. The summed E-state index contributed by atoms with van der Waals surface area (Å²) in [5, 5.41) is 0. The van der Waals surface area contributed by atoms with E-state index in [4.69, 9.17) is 14.1 Å². The Kier molecular flexibility index (Phi) is 30.3. The molecular weight excluding hydrogens is 1070 g/mol. The molecular formula is C46H75BBr2IN3O5S3. The molecule has 8 nitrogen and oxygen atoms in total. The number of nitrogens with zero attached hydrogens (tertiary/aromatic N) is 2. The molecule has 0 unspecified atom stereocenters. The van der Waals surface area contributed by atoms with E-state index < -0.39 is 29.2 Å². The quantitative estimate of drug-likeness (QED) is 0.125. The highest BCUT2D eigenvalue weighted by molar-refractivity contribution is 14.1. The number of hydrogen-bond acceptors (Lipinski definition) is 8. The van der Waals surface area contributed by atoms with Crippen molar-refractivity contribution in [3.63, 3.8) is 0 Å². The molecule has 15 heteroatoms. The molecule has 1 heterocycles. The fraction of sp³-hybridized carbons (Fsp3) is 0.478. The molecule has 0 bridgehead atoms. The zero-order chi connectivity index (χ0) is 43.1. The third-order valence-corrected chi connectivity index (χ3v) is 17.9. The highest BCUT2D eigenvalue weighted by Gasteiger charge is 2.51. The fourth-order valence-corrected chi connectivity index (χ4v) is 8.35. The molecule has 0 atom stereocenters. The van der Waals surface area contributed by atoms with Gasteiger partial charge in [-0.1, -0.05) is 140 Å². The number of hydrogen-bond donors (Lipinski definition) is 1. The molecule has 0 amide bonds. The largest absolute Gasteiger partial charge is 0.494 e. The first kappa shape index (κ1) is 63.7. The molecule has 0 radical (unpaired) electrons. The van der Waals surface area contributed by atoms with Gasteiger partial charge in [0.05, 0.1) is 42.0 Å². The molecule has 1 aliphatic rings. The van der Waals surface area contributed by atoms with Gasteiger partial charge >= 0.3 is 7.12 Å². The van der Waals surface area contributed by atoms with E-state index >= 15 is 0 Å². The Labute approximate surface area is 404 Å². The Bertz CT molecular complexity index is 2140. The molecule has 4 aromatic carbocycles. The molecule has 61 heavy (non-hydrogen) atoms. The van der Waals surface area contributed by atoms with Crippen molar-refractivity contribution in [1.29, 1.82) is 4.78 Å². The van der Waals surface area contributed by atoms with Crippen LogP contribution in [0.3, 0.4) is 0 Å². The van der Waals surface area contributed by atoms with E-state index in [1.165, 1.54) is 3.57 Å². The standard InChI is InChI=1S/C22H30BNO3S.C10H14BrNOS.C6H4BrI.C4H11NOS.4CH4/c1-7-28(25,8-2)24-20-15-11-18(12-16-20)17-9-13-19(14-10-17)23-26-21(3,4)22(5,6)27-23;1-3-14(13,4-2)12-10-7-5-9(11)6-8-10;7-5-1-3-6(8)4-2-5;1-3-7(5,6)4-2;;;;/h9-16H,7-8H2,1-6H3;5-8H,3-4H2,1-2H3;1-4H;5H,3-4H2,1-2H3;4*1H4. The average Bonchev–Trinajstić information content (AvgIpc) is 3.43. The molecule has 0 saturated carbocycles. The van der Waals surface area contributed by atoms with Gasteiger partial charge in [-0.3, -0.25) is 4.78 Å². The minimum atomic E-state index is -2.16. The number of nitrogens with one attached hydrogen (secondary N) is 1. The zero-order valence-electron chi connectivity index (χ0n) is 34.9. The second-order valence-corrected chi connectivity index (χ2v) is 25.6. The molecule has 5 rings (SSSR count). The SMILES string of the molecule is Brc1ccc(I)cc1.C.C.C.C.CCS(=N)(=O)CC.CCS(=O)(CC)=Nc1ccc(-c2ccc(B3OC(C)(C)C(C)(C)O3)cc2)cc1.CCS(=O)(CC)=Nc1ccc(Br)cc1. The van der Waals surface area contributed by atoms with Crippen molar-refractivity contribution in [3.05, 3.63) is 110 Å². The Morgan fingerprint density at radius 3 is 1.11 bits per heavy atom. The number of halogens is 3. The van der Waals surface area contributed by atoms with E-state index in [0.717, 1.165) is 36.9 Å². The van der Waals surface area contributed by atoms with Crippen LogP contribution in [0.15, 0.2) is 115 Å². The molecule has 0 aromatic heterocycles. The minimum Gasteiger partial charge on any atom is -0.399 e. The van der Waals surface area contributed by atoms with E-state index in [9.17, 15) is 12.6 Å². The van der Waals surface area contributed by atoms with Crippen molar-refractivity contribution in [3.8, 4) is 11.1 Å². The molecule has 0 aliphatic carbocycles. The summed E-state index contributed by atoms with van der Waals surface area (Å²) in [7, 11) is -6.66. The van der Waals surface area contributed by atoms with Crippen LogP contribution in [0, 0.1) is 8.35 Å². The highest BCUT2D eigenvalue weighted by atomic mass is 127. The number of benzene rings is 4. The maximum Gasteiger partial charge on any atom is 0.494 e. The monoisotopic (exact) mass is 1140 g/mol. The molecule has 1 fully saturated rings. The van der Waals surface area contributed by atoms with Crippen molar-refractivity contribution in [2.75, 3.05) is 34.5 Å². The number of rotatable bonds is 10. The maximum absolute atomic E-state index is 12.5. The first-order valence-electron chi connectivity index (χ1n) is 19.0. The van der Waals surface area contributed by atoms with Crippen LogP contribution >= 0.6 is 54.5 Å².